The number of carbonyl (C=O) groups excluding carboxylic acids is 1. The van der Waals surface area contributed by atoms with Crippen LogP contribution in [0.4, 0.5) is 0 Å². The lowest BCUT2D eigenvalue weighted by molar-refractivity contribution is 0.0920. The fraction of sp³-hybridized carbons (Fsp3) is 0.263. The molecule has 2 heterocycles. The summed E-state index contributed by atoms with van der Waals surface area (Å²) < 4.78 is 1.59. The Morgan fingerprint density at radius 2 is 2.10 bits per heavy atom. The number of hydrogen-bond acceptors (Lipinski definition) is 5. The Hall–Kier alpha value is -3.02. The first kappa shape index (κ1) is 21.7. The van der Waals surface area contributed by atoms with E-state index in [2.05, 4.69) is 20.6 Å². The largest absolute Gasteiger partial charge is 0.394 e. The molecule has 30 heavy (non-hydrogen) atoms. The van der Waals surface area contributed by atoms with Gasteiger partial charge in [-0.1, -0.05) is 17.7 Å². The zero-order chi connectivity index (χ0) is 22.1. The van der Waals surface area contributed by atoms with Gasteiger partial charge in [0.05, 0.1) is 34.0 Å². The van der Waals surface area contributed by atoms with Crippen LogP contribution in [-0.2, 0) is 12.0 Å². The molecule has 0 bridgehead atoms. The van der Waals surface area contributed by atoms with E-state index < -0.39 is 16.8 Å². The van der Waals surface area contributed by atoms with Gasteiger partial charge in [0.2, 0.25) is 0 Å². The van der Waals surface area contributed by atoms with Crippen molar-refractivity contribution in [2.24, 2.45) is 0 Å². The van der Waals surface area contributed by atoms with Crippen molar-refractivity contribution >= 4 is 33.2 Å². The van der Waals surface area contributed by atoms with Crippen LogP contribution in [0.5, 0.6) is 0 Å². The van der Waals surface area contributed by atoms with Crippen molar-refractivity contribution in [3.8, 4) is 17.3 Å². The number of nitrogens with zero attached hydrogens (tertiary/aromatic N) is 4. The molecule has 2 unspecified atom stereocenters. The molecule has 0 saturated carbocycles. The first-order chi connectivity index (χ1) is 14.0. The van der Waals surface area contributed by atoms with Crippen molar-refractivity contribution in [1.29, 1.82) is 5.26 Å². The summed E-state index contributed by atoms with van der Waals surface area (Å²) in [6.07, 6.45) is 1.72. The van der Waals surface area contributed by atoms with Crippen LogP contribution in [0.25, 0.3) is 11.3 Å². The lowest BCUT2D eigenvalue weighted by Gasteiger charge is -2.26. The quantitative estimate of drug-likeness (QED) is 0.524. The molecular formula is C19H17B2ClN6O2. The highest BCUT2D eigenvalue weighted by molar-refractivity contribution is 6.32. The smallest absolute Gasteiger partial charge is 0.271 e. The standard InChI is InChI=1S/C19H17B2ClN6O2/c1-18(20,24-17(29)15-8-16(26-25-15)19(2,21)30)10-28-6-5-14(27-28)11-3-4-12(9-23)13(22)7-11/h3-8,30H,10H2,1-2H3,(H,24,29)(H,25,26). The van der Waals surface area contributed by atoms with Crippen LogP contribution in [-0.4, -0.2) is 52.1 Å². The Balaban J connectivity index is 1.70. The number of carbonyl (C=O) groups is 1. The molecule has 148 valence electrons. The third-order valence-electron chi connectivity index (χ3n) is 4.27. The first-order valence-corrected chi connectivity index (χ1v) is 9.28. The summed E-state index contributed by atoms with van der Waals surface area (Å²) in [5.41, 5.74) is -0.770. The second kappa shape index (κ2) is 8.01. The maximum atomic E-state index is 12.4. The van der Waals surface area contributed by atoms with E-state index in [0.29, 0.717) is 16.3 Å². The Morgan fingerprint density at radius 3 is 2.70 bits per heavy atom. The molecule has 0 fully saturated rings. The highest BCUT2D eigenvalue weighted by Crippen LogP contribution is 2.24. The number of aromatic amines is 1. The third kappa shape index (κ3) is 4.93. The maximum Gasteiger partial charge on any atom is 0.271 e. The molecule has 3 N–H and O–H groups in total. The van der Waals surface area contributed by atoms with Crippen molar-refractivity contribution in [3.05, 3.63) is 58.5 Å². The van der Waals surface area contributed by atoms with Crippen LogP contribution in [0, 0.1) is 11.3 Å². The van der Waals surface area contributed by atoms with Crippen molar-refractivity contribution in [3.63, 3.8) is 0 Å². The van der Waals surface area contributed by atoms with Gasteiger partial charge in [-0.05, 0) is 38.1 Å². The average Bonchev–Trinajstić information content (AvgIpc) is 3.30. The normalized spacial score (nSPS) is 15.0. The topological polar surface area (TPSA) is 120 Å². The van der Waals surface area contributed by atoms with Gasteiger partial charge in [0.25, 0.3) is 5.91 Å². The van der Waals surface area contributed by atoms with Crippen molar-refractivity contribution in [2.75, 3.05) is 0 Å². The van der Waals surface area contributed by atoms with E-state index in [1.807, 2.05) is 6.07 Å². The number of amides is 1. The molecular weight excluding hydrogens is 401 g/mol. The van der Waals surface area contributed by atoms with Gasteiger partial charge >= 0.3 is 0 Å². The van der Waals surface area contributed by atoms with E-state index in [-0.39, 0.29) is 17.9 Å². The second-order valence-electron chi connectivity index (χ2n) is 7.39. The zero-order valence-electron chi connectivity index (χ0n) is 16.3. The molecule has 0 spiro atoms. The summed E-state index contributed by atoms with van der Waals surface area (Å²) in [7, 11) is 11.8. The number of aromatic nitrogens is 4. The van der Waals surface area contributed by atoms with Gasteiger partial charge in [0.1, 0.15) is 27.5 Å². The first-order valence-electron chi connectivity index (χ1n) is 8.90. The summed E-state index contributed by atoms with van der Waals surface area (Å²) in [6.45, 7) is 3.18. The van der Waals surface area contributed by atoms with Crippen LogP contribution < -0.4 is 5.32 Å². The third-order valence-corrected chi connectivity index (χ3v) is 4.58. The Kier molecular flexibility index (Phi) is 5.79. The minimum atomic E-state index is -1.64. The summed E-state index contributed by atoms with van der Waals surface area (Å²) in [6, 6.07) is 10.2. The summed E-state index contributed by atoms with van der Waals surface area (Å²) >= 11 is 6.08. The van der Waals surface area contributed by atoms with Crippen LogP contribution >= 0.6 is 11.6 Å². The molecule has 4 radical (unpaired) electrons. The second-order valence-corrected chi connectivity index (χ2v) is 7.80. The number of nitrogens with one attached hydrogen (secondary N) is 2. The van der Waals surface area contributed by atoms with Gasteiger partial charge in [0.15, 0.2) is 0 Å². The monoisotopic (exact) mass is 418 g/mol. The number of rotatable bonds is 6. The van der Waals surface area contributed by atoms with Gasteiger partial charge < -0.3 is 10.4 Å². The van der Waals surface area contributed by atoms with Gasteiger partial charge in [-0.2, -0.15) is 15.5 Å². The number of aliphatic hydroxyl groups is 1. The minimum absolute atomic E-state index is 0.0424. The van der Waals surface area contributed by atoms with Crippen molar-refractivity contribution < 1.29 is 9.90 Å². The average molecular weight is 418 g/mol. The number of H-pyrrole nitrogens is 1. The van der Waals surface area contributed by atoms with Gasteiger partial charge in [-0.3, -0.25) is 14.6 Å². The van der Waals surface area contributed by atoms with Crippen LogP contribution in [0.3, 0.4) is 0 Å². The van der Waals surface area contributed by atoms with Crippen LogP contribution in [0.15, 0.2) is 36.5 Å². The fourth-order valence-corrected chi connectivity index (χ4v) is 2.99. The van der Waals surface area contributed by atoms with Gasteiger partial charge in [-0.25, -0.2) is 0 Å². The van der Waals surface area contributed by atoms with Crippen LogP contribution in [0.1, 0.15) is 35.6 Å². The van der Waals surface area contributed by atoms with Gasteiger partial charge in [0, 0.05) is 17.2 Å². The predicted octanol–water partition coefficient (Wildman–Crippen LogP) is 1.45. The number of halogens is 1. The van der Waals surface area contributed by atoms with E-state index in [1.54, 1.807) is 42.1 Å². The Labute approximate surface area is 181 Å². The Bertz CT molecular complexity index is 1130. The molecule has 3 rings (SSSR count). The van der Waals surface area contributed by atoms with Gasteiger partial charge in [-0.15, -0.1) is 0 Å². The highest BCUT2D eigenvalue weighted by Gasteiger charge is 2.25. The maximum absolute atomic E-state index is 12.4. The minimum Gasteiger partial charge on any atom is -0.394 e. The van der Waals surface area contributed by atoms with E-state index in [0.717, 1.165) is 5.56 Å². The van der Waals surface area contributed by atoms with E-state index in [9.17, 15) is 9.90 Å². The van der Waals surface area contributed by atoms with E-state index >= 15 is 0 Å². The molecule has 1 amide bonds. The molecule has 0 saturated heterocycles. The van der Waals surface area contributed by atoms with Crippen LogP contribution in [0.2, 0.25) is 5.02 Å². The molecule has 2 aromatic heterocycles. The van der Waals surface area contributed by atoms with Crippen molar-refractivity contribution in [1.82, 2.24) is 25.3 Å². The highest BCUT2D eigenvalue weighted by atomic mass is 35.5. The number of nitriles is 1. The fourth-order valence-electron chi connectivity index (χ4n) is 2.77. The van der Waals surface area contributed by atoms with Crippen molar-refractivity contribution in [2.45, 2.75) is 31.3 Å². The zero-order valence-corrected chi connectivity index (χ0v) is 17.1. The molecule has 1 aromatic carbocycles. The molecule has 11 heteroatoms. The lowest BCUT2D eigenvalue weighted by atomic mass is 9.79. The van der Waals surface area contributed by atoms with E-state index in [4.69, 9.17) is 32.6 Å². The van der Waals surface area contributed by atoms with E-state index in [1.165, 1.54) is 13.0 Å². The number of hydrogen-bond donors (Lipinski definition) is 3. The molecule has 3 aromatic rings. The molecule has 8 nitrogen and oxygen atoms in total. The molecule has 0 aliphatic carbocycles. The molecule has 0 aliphatic rings. The summed E-state index contributed by atoms with van der Waals surface area (Å²) in [5.74, 6) is -0.530. The summed E-state index contributed by atoms with van der Waals surface area (Å²) in [4.78, 5) is 12.4. The molecule has 0 aliphatic heterocycles. The predicted molar refractivity (Wildman–Crippen MR) is 113 cm³/mol. The summed E-state index contributed by atoms with van der Waals surface area (Å²) in [5, 5.41) is 32.6. The SMILES string of the molecule is [B]C(C)(Cn1ccc(-c2ccc(C#N)c(Cl)c2)n1)NC(=O)c1cc(C([B])(C)O)[nH]n1. The Morgan fingerprint density at radius 1 is 1.37 bits per heavy atom. The lowest BCUT2D eigenvalue weighted by Crippen LogP contribution is -2.49. The molecule has 2 atom stereocenters. The number of benzene rings is 1.